The van der Waals surface area contributed by atoms with Gasteiger partial charge in [0.1, 0.15) is 78.4 Å². The van der Waals surface area contributed by atoms with Gasteiger partial charge in [-0.1, -0.05) is 158 Å². The van der Waals surface area contributed by atoms with Gasteiger partial charge < -0.3 is 110 Å². The van der Waals surface area contributed by atoms with Crippen LogP contribution in [0, 0.1) is 17.2 Å². The van der Waals surface area contributed by atoms with Crippen molar-refractivity contribution < 1.29 is 102 Å². The van der Waals surface area contributed by atoms with Crippen LogP contribution in [0.3, 0.4) is 0 Å². The van der Waals surface area contributed by atoms with Crippen LogP contribution in [-0.4, -0.2) is 258 Å². The van der Waals surface area contributed by atoms with E-state index < -0.39 is 229 Å². The SMILES string of the molecule is C=C/C(=C\C=C(/C)c1ccccc1)C[C@@H]1NC(=O)[C@H](CCC(C)C)NC(=O)[C@H](C(C)C)NC(=O)[C@H](CCC(=O)O)NC(=O)[C@H](CC(=O)O)NC(=O)[C@H](Cc2c[nH]cn2)NC(=O)[C@H](Cc2ccc(O)cc2)NC(=O)[C@H](CCCCC)NC(=O)[C@H](CCCNC(=N)N(C)C)NC(=O)[C@H](C)NC(=O)CSC[C@@H](C(N)=O)NC(=O)[C@H](CC(=O)O)NC(O)[C@H](CCCCc2ccccc2)NC1=O. The minimum atomic E-state index is -2.14. The second-order valence-electron chi connectivity index (χ2n) is 33.4. The standard InChI is InChI=1S/C91H131N19O21S/c1-11-13-16-29-62-81(122)104-68(44-58-35-37-61(111)38-36-58)86(127)105-69(45-60-48-94-51-96-60)87(128)107-70(46-75(115)116)88(129)101-66(40-41-74(113)114)84(125)109-77(53(5)6)90(131)102-65(39-32-52(3)4)83(124)103-67(43-56(12-2)34-33-54(7)59-27-19-15-20-28-59)85(126)100-63(30-22-21-26-57-24-17-14-18-25-57)82(123)106-71(47-76(117)118)89(130)108-72(78(92)119)49-132-50-73(112)97-55(8)79(120)98-64(80(121)99-62)31-23-42-95-91(93)110(9)10/h12,14-15,17-20,24-25,27-28,33-38,48,51-53,55,62-72,77,82,106,111,123H,2,11,13,16,21-23,26,29-32,39-47,49-50H2,1,3-10H3,(H2,92,119)(H2,93,95)(H,94,96)(H,97,112)(H,98,120)(H,99,121)(H,100,126)(H,101,129)(H,102,131)(H,103,124)(H,104,122)(H,105,127)(H,107,128)(H,108,130)(H,109,125)(H,113,114)(H,115,116)(H,117,118)/b54-33+,56-34+/t55-,62-,63-,64-,65-,66-,67-,68-,69-,70-,71-,72-,77-,82?/m0/s1. The molecule has 3 aromatic carbocycles. The summed E-state index contributed by atoms with van der Waals surface area (Å²) in [5, 5.41) is 98.1. The molecule has 1 aromatic heterocycles. The molecule has 4 aromatic rings. The van der Waals surface area contributed by atoms with Gasteiger partial charge in [0, 0.05) is 58.3 Å². The van der Waals surface area contributed by atoms with Crippen molar-refractivity contribution in [1.29, 1.82) is 5.41 Å². The number of aromatic hydroxyl groups is 1. The van der Waals surface area contributed by atoms with E-state index in [-0.39, 0.29) is 87.7 Å². The second-order valence-corrected chi connectivity index (χ2v) is 34.4. The normalized spacial score (nSPS) is 23.2. The van der Waals surface area contributed by atoms with Crippen molar-refractivity contribution in [2.45, 2.75) is 255 Å². The number of benzene rings is 3. The highest BCUT2D eigenvalue weighted by molar-refractivity contribution is 8.00. The van der Waals surface area contributed by atoms with Crippen molar-refractivity contribution in [2.75, 3.05) is 32.1 Å². The van der Waals surface area contributed by atoms with E-state index in [0.717, 1.165) is 28.5 Å². The number of unbranched alkanes of at least 4 members (excludes halogenated alkanes) is 3. The van der Waals surface area contributed by atoms with Gasteiger partial charge in [0.25, 0.3) is 0 Å². The Bertz CT molecular complexity index is 4600. The van der Waals surface area contributed by atoms with E-state index in [9.17, 15) is 78.3 Å². The first-order valence-electron chi connectivity index (χ1n) is 44.1. The number of carboxylic acid groups (broad SMARTS) is 3. The fourth-order valence-electron chi connectivity index (χ4n) is 13.8. The number of aliphatic carboxylic acids is 3. The number of thioether (sulfide) groups is 1. The average Bonchev–Trinajstić information content (AvgIpc) is 1.57. The maximum Gasteiger partial charge on any atom is 0.305 e. The molecule has 132 heavy (non-hydrogen) atoms. The number of aromatic nitrogens is 2. The van der Waals surface area contributed by atoms with E-state index in [4.69, 9.17) is 11.1 Å². The van der Waals surface area contributed by atoms with Gasteiger partial charge in [0.2, 0.25) is 76.8 Å². The van der Waals surface area contributed by atoms with Crippen molar-refractivity contribution in [3.63, 3.8) is 0 Å². The Kier molecular flexibility index (Phi) is 47.4. The summed E-state index contributed by atoms with van der Waals surface area (Å²) >= 11 is 0.752. The quantitative estimate of drug-likeness (QED) is 0.0137. The number of aliphatic hydroxyl groups is 1. The highest BCUT2D eigenvalue weighted by Gasteiger charge is 2.40. The number of imidazole rings is 1. The maximum atomic E-state index is 15.4. The predicted molar refractivity (Wildman–Crippen MR) is 492 cm³/mol. The molecule has 0 saturated carbocycles. The lowest BCUT2D eigenvalue weighted by Crippen LogP contribution is -2.62. The monoisotopic (exact) mass is 1860 g/mol. The molecule has 13 amide bonds. The molecule has 0 aliphatic carbocycles. The van der Waals surface area contributed by atoms with E-state index >= 15 is 24.0 Å². The van der Waals surface area contributed by atoms with E-state index in [1.807, 2.05) is 88.4 Å². The Morgan fingerprint density at radius 3 is 1.64 bits per heavy atom. The predicted octanol–water partition coefficient (Wildman–Crippen LogP) is 1.62. The Balaban J connectivity index is 1.69. The van der Waals surface area contributed by atoms with Crippen molar-refractivity contribution in [2.24, 2.45) is 17.6 Å². The number of guanidine groups is 1. The smallest absolute Gasteiger partial charge is 0.305 e. The van der Waals surface area contributed by atoms with E-state index in [1.54, 1.807) is 26.2 Å². The molecular weight excluding hydrogens is 1730 g/mol. The van der Waals surface area contributed by atoms with Gasteiger partial charge in [-0.25, -0.2) is 4.98 Å². The molecule has 1 fully saturated rings. The topological polar surface area (TPSA) is 624 Å². The average molecular weight is 1860 g/mol. The number of aliphatic hydroxyl groups excluding tert-OH is 1. The summed E-state index contributed by atoms with van der Waals surface area (Å²) in [5.41, 5.74) is 9.19. The molecule has 1 saturated heterocycles. The zero-order valence-corrected chi connectivity index (χ0v) is 76.9. The Labute approximate surface area is 772 Å². The Hall–Kier alpha value is -13.0. The zero-order chi connectivity index (χ0) is 97.7. The number of nitrogens with one attached hydrogen (secondary N) is 16. The number of nitrogens with zero attached hydrogens (tertiary/aromatic N) is 2. The largest absolute Gasteiger partial charge is 0.508 e. The summed E-state index contributed by atoms with van der Waals surface area (Å²) < 4.78 is 0. The van der Waals surface area contributed by atoms with Crippen LogP contribution in [0.1, 0.15) is 174 Å². The first-order chi connectivity index (χ1) is 62.6. The van der Waals surface area contributed by atoms with Crippen LogP contribution in [0.5, 0.6) is 5.75 Å². The van der Waals surface area contributed by atoms with E-state index in [1.165, 1.54) is 68.5 Å². The maximum absolute atomic E-state index is 15.4. The summed E-state index contributed by atoms with van der Waals surface area (Å²) in [4.78, 5) is 237. The van der Waals surface area contributed by atoms with Gasteiger partial charge in [-0.3, -0.25) is 87.4 Å². The number of hydrogen-bond acceptors (Lipinski definition) is 22. The number of amides is 13. The lowest BCUT2D eigenvalue weighted by atomic mass is 9.98. The van der Waals surface area contributed by atoms with Crippen LogP contribution in [0.4, 0.5) is 0 Å². The lowest BCUT2D eigenvalue weighted by Gasteiger charge is -2.31. The molecule has 0 radical (unpaired) electrons. The van der Waals surface area contributed by atoms with Gasteiger partial charge in [-0.05, 0) is 123 Å². The van der Waals surface area contributed by atoms with Gasteiger partial charge in [-0.15, -0.1) is 11.8 Å². The number of rotatable bonds is 34. The fraction of sp³-hybridized carbons (Fsp3) is 0.516. The van der Waals surface area contributed by atoms with Crippen LogP contribution in [0.2, 0.25) is 0 Å². The number of carbonyl (C=O) groups is 16. The minimum Gasteiger partial charge on any atom is -0.508 e. The van der Waals surface area contributed by atoms with E-state index in [0.29, 0.717) is 43.2 Å². The molecule has 0 bridgehead atoms. The highest BCUT2D eigenvalue weighted by Crippen LogP contribution is 2.21. The Morgan fingerprint density at radius 2 is 1.08 bits per heavy atom. The highest BCUT2D eigenvalue weighted by atomic mass is 32.2. The summed E-state index contributed by atoms with van der Waals surface area (Å²) in [5.74, 6) is -20.6. The van der Waals surface area contributed by atoms with Crippen molar-refractivity contribution in [3.8, 4) is 5.75 Å². The van der Waals surface area contributed by atoms with Gasteiger partial charge in [0.15, 0.2) is 5.96 Å². The summed E-state index contributed by atoms with van der Waals surface area (Å²) in [6.07, 6.45) is 3.07. The summed E-state index contributed by atoms with van der Waals surface area (Å²) in [7, 11) is 3.22. The number of carboxylic acids is 3. The molecule has 1 unspecified atom stereocenters. The van der Waals surface area contributed by atoms with Crippen molar-refractivity contribution in [3.05, 3.63) is 150 Å². The first-order valence-corrected chi connectivity index (χ1v) is 45.3. The van der Waals surface area contributed by atoms with Crippen LogP contribution in [0.25, 0.3) is 5.57 Å². The third kappa shape index (κ3) is 40.1. The molecule has 40 nitrogen and oxygen atoms in total. The van der Waals surface area contributed by atoms with Crippen molar-refractivity contribution >= 4 is 118 Å². The van der Waals surface area contributed by atoms with Gasteiger partial charge in [0.05, 0.1) is 42.7 Å². The van der Waals surface area contributed by atoms with Gasteiger partial charge in [-0.2, -0.15) is 0 Å². The lowest BCUT2D eigenvalue weighted by molar-refractivity contribution is -0.142. The molecule has 722 valence electrons. The molecule has 2 heterocycles. The number of primary amides is 1. The third-order valence-electron chi connectivity index (χ3n) is 21.5. The van der Waals surface area contributed by atoms with Crippen molar-refractivity contribution in [1.82, 2.24) is 89.3 Å². The number of nitrogens with two attached hydrogens (primary N) is 1. The number of allylic oxidation sites excluding steroid dienone is 4. The molecule has 1 aliphatic rings. The number of H-pyrrole nitrogens is 1. The van der Waals surface area contributed by atoms with E-state index in [2.05, 4.69) is 91.0 Å². The number of aromatic amines is 1. The van der Waals surface area contributed by atoms with Crippen LogP contribution in [-0.2, 0) is 96.0 Å². The van der Waals surface area contributed by atoms with Crippen LogP contribution < -0.4 is 80.2 Å². The molecule has 41 heteroatoms. The molecule has 23 N–H and O–H groups in total. The summed E-state index contributed by atoms with van der Waals surface area (Å²) in [6, 6.07) is 2.33. The minimum absolute atomic E-state index is 0.00110. The number of phenolic OH excluding ortho intramolecular Hbond substituents is 1. The molecular formula is C91H131N19O21S. The third-order valence-corrected chi connectivity index (χ3v) is 22.5. The van der Waals surface area contributed by atoms with Gasteiger partial charge >= 0.3 is 17.9 Å². The fourth-order valence-corrected chi connectivity index (χ4v) is 14.7. The number of hydrogen-bond donors (Lipinski definition) is 22. The number of carbonyl (C=O) groups excluding carboxylic acids is 13. The van der Waals surface area contributed by atoms with Crippen LogP contribution in [0.15, 0.2) is 128 Å². The second kappa shape index (κ2) is 57.2. The zero-order valence-electron chi connectivity index (χ0n) is 76.1. The Morgan fingerprint density at radius 1 is 0.568 bits per heavy atom. The molecule has 5 rings (SSSR count). The molecule has 0 spiro atoms. The molecule has 1 aliphatic heterocycles. The number of phenols is 1. The summed E-state index contributed by atoms with van der Waals surface area (Å²) in [6.45, 7) is 15.7. The molecule has 14 atom stereocenters. The van der Waals surface area contributed by atoms with Crippen LogP contribution >= 0.6 is 11.8 Å². The number of aryl methyl sites for hydroxylation is 1. The first kappa shape index (κ1) is 109.